The van der Waals surface area contributed by atoms with Crippen LogP contribution >= 0.6 is 11.3 Å². The zero-order chi connectivity index (χ0) is 22.3. The molecule has 1 fully saturated rings. The van der Waals surface area contributed by atoms with Crippen LogP contribution in [0, 0.1) is 0 Å². The first-order valence-electron chi connectivity index (χ1n) is 12.1. The molecule has 2 heterocycles. The van der Waals surface area contributed by atoms with E-state index in [0.29, 0.717) is 13.2 Å². The first kappa shape index (κ1) is 22.8. The number of hydrogen-bond acceptors (Lipinski definition) is 4. The SMILES string of the molecule is CCCCCCCCCCC(C(=O)N1CCOC1=O)c1cccc2c1sc1ccccc12. The van der Waals surface area contributed by atoms with Gasteiger partial charge in [-0.05, 0) is 18.1 Å². The molecular weight excluding hydrogens is 418 g/mol. The van der Waals surface area contributed by atoms with Crippen molar-refractivity contribution in [2.45, 2.75) is 70.6 Å². The number of nitrogens with zero attached hydrogens (tertiary/aromatic N) is 1. The molecule has 0 saturated carbocycles. The molecule has 3 aromatic rings. The van der Waals surface area contributed by atoms with Crippen molar-refractivity contribution >= 4 is 43.5 Å². The molecule has 4 nitrogen and oxygen atoms in total. The fourth-order valence-electron chi connectivity index (χ4n) is 4.72. The molecule has 2 amide bonds. The van der Waals surface area contributed by atoms with E-state index in [1.165, 1.54) is 63.6 Å². The van der Waals surface area contributed by atoms with Gasteiger partial charge in [-0.2, -0.15) is 0 Å². The maximum Gasteiger partial charge on any atom is 0.416 e. The summed E-state index contributed by atoms with van der Waals surface area (Å²) in [5.41, 5.74) is 1.05. The van der Waals surface area contributed by atoms with E-state index < -0.39 is 6.09 Å². The largest absolute Gasteiger partial charge is 0.447 e. The highest BCUT2D eigenvalue weighted by Crippen LogP contribution is 2.40. The van der Waals surface area contributed by atoms with Crippen LogP contribution in [0.4, 0.5) is 4.79 Å². The highest BCUT2D eigenvalue weighted by Gasteiger charge is 2.35. The molecule has 32 heavy (non-hydrogen) atoms. The molecule has 1 aliphatic heterocycles. The number of unbranched alkanes of at least 4 members (excludes halogenated alkanes) is 7. The lowest BCUT2D eigenvalue weighted by molar-refractivity contribution is -0.129. The van der Waals surface area contributed by atoms with Gasteiger partial charge in [0.1, 0.15) is 6.61 Å². The van der Waals surface area contributed by atoms with Gasteiger partial charge in [-0.1, -0.05) is 94.7 Å². The number of carbonyl (C=O) groups excluding carboxylic acids is 2. The molecule has 1 atom stereocenters. The monoisotopic (exact) mass is 451 g/mol. The Morgan fingerprint density at radius 1 is 0.969 bits per heavy atom. The Bertz CT molecular complexity index is 1070. The number of amides is 2. The molecule has 0 bridgehead atoms. The van der Waals surface area contributed by atoms with Crippen LogP contribution in [0.3, 0.4) is 0 Å². The highest BCUT2D eigenvalue weighted by molar-refractivity contribution is 7.26. The van der Waals surface area contributed by atoms with E-state index in [-0.39, 0.29) is 11.8 Å². The Labute approximate surface area is 194 Å². The summed E-state index contributed by atoms with van der Waals surface area (Å²) in [5, 5.41) is 2.43. The van der Waals surface area contributed by atoms with Gasteiger partial charge < -0.3 is 4.74 Å². The maximum atomic E-state index is 13.5. The number of rotatable bonds is 11. The van der Waals surface area contributed by atoms with Gasteiger partial charge in [-0.3, -0.25) is 4.79 Å². The normalized spacial score (nSPS) is 14.9. The Hall–Kier alpha value is -2.40. The minimum absolute atomic E-state index is 0.111. The fourth-order valence-corrected chi connectivity index (χ4v) is 5.99. The molecule has 0 aliphatic carbocycles. The van der Waals surface area contributed by atoms with Crippen molar-refractivity contribution in [2.24, 2.45) is 0 Å². The number of thiophene rings is 1. The minimum Gasteiger partial charge on any atom is -0.447 e. The van der Waals surface area contributed by atoms with Crippen LogP contribution in [0.5, 0.6) is 0 Å². The van der Waals surface area contributed by atoms with Gasteiger partial charge in [0.05, 0.1) is 12.5 Å². The number of fused-ring (bicyclic) bond motifs is 3. The molecule has 0 spiro atoms. The predicted octanol–water partition coefficient (Wildman–Crippen LogP) is 7.65. The molecule has 0 N–H and O–H groups in total. The zero-order valence-corrected chi connectivity index (χ0v) is 19.8. The van der Waals surface area contributed by atoms with Gasteiger partial charge in [-0.15, -0.1) is 11.3 Å². The summed E-state index contributed by atoms with van der Waals surface area (Å²) in [5.74, 6) is -0.419. The maximum absolute atomic E-state index is 13.5. The van der Waals surface area contributed by atoms with Crippen LogP contribution in [-0.4, -0.2) is 30.1 Å². The molecule has 2 aromatic carbocycles. The molecule has 1 aliphatic rings. The van der Waals surface area contributed by atoms with Crippen molar-refractivity contribution in [1.29, 1.82) is 0 Å². The number of carbonyl (C=O) groups is 2. The Kier molecular flexibility index (Phi) is 7.80. The molecule has 1 unspecified atom stereocenters. The van der Waals surface area contributed by atoms with Crippen molar-refractivity contribution in [2.75, 3.05) is 13.2 Å². The number of hydrogen-bond donors (Lipinski definition) is 0. The Morgan fingerprint density at radius 2 is 1.69 bits per heavy atom. The molecule has 4 rings (SSSR count). The van der Waals surface area contributed by atoms with Crippen LogP contribution in [0.15, 0.2) is 42.5 Å². The van der Waals surface area contributed by atoms with Crippen molar-refractivity contribution in [3.63, 3.8) is 0 Å². The molecule has 170 valence electrons. The van der Waals surface area contributed by atoms with Gasteiger partial charge in [0.15, 0.2) is 0 Å². The van der Waals surface area contributed by atoms with E-state index in [0.717, 1.165) is 24.8 Å². The third kappa shape index (κ3) is 4.98. The average molecular weight is 452 g/mol. The van der Waals surface area contributed by atoms with Gasteiger partial charge in [0.25, 0.3) is 0 Å². The predicted molar refractivity (Wildman–Crippen MR) is 132 cm³/mol. The van der Waals surface area contributed by atoms with Crippen LogP contribution in [0.1, 0.15) is 76.2 Å². The number of cyclic esters (lactones) is 1. The van der Waals surface area contributed by atoms with E-state index >= 15 is 0 Å². The first-order valence-corrected chi connectivity index (χ1v) is 12.9. The molecule has 0 radical (unpaired) electrons. The van der Waals surface area contributed by atoms with Crippen molar-refractivity contribution in [1.82, 2.24) is 4.90 Å². The third-order valence-corrected chi connectivity index (χ3v) is 7.72. The van der Waals surface area contributed by atoms with Crippen LogP contribution in [0.2, 0.25) is 0 Å². The van der Waals surface area contributed by atoms with E-state index in [9.17, 15) is 9.59 Å². The molecular formula is C27H33NO3S. The number of ether oxygens (including phenoxy) is 1. The average Bonchev–Trinajstić information content (AvgIpc) is 3.41. The second kappa shape index (κ2) is 11.0. The van der Waals surface area contributed by atoms with E-state index in [4.69, 9.17) is 4.74 Å². The quantitative estimate of drug-likeness (QED) is 0.281. The van der Waals surface area contributed by atoms with E-state index in [1.807, 2.05) is 6.07 Å². The van der Waals surface area contributed by atoms with Crippen LogP contribution in [0.25, 0.3) is 20.2 Å². The van der Waals surface area contributed by atoms with E-state index in [1.54, 1.807) is 11.3 Å². The Balaban J connectivity index is 1.54. The Morgan fingerprint density at radius 3 is 2.44 bits per heavy atom. The molecule has 1 saturated heterocycles. The standard InChI is InChI=1S/C27H33NO3S/c1-2-3-4-5-6-7-8-9-14-23(26(29)28-18-19-31-27(28)30)22-16-12-15-21-20-13-10-11-17-24(20)32-25(21)22/h10-13,15-17,23H,2-9,14,18-19H2,1H3. The van der Waals surface area contributed by atoms with Crippen molar-refractivity contribution < 1.29 is 14.3 Å². The summed E-state index contributed by atoms with van der Waals surface area (Å²) in [4.78, 5) is 26.9. The second-order valence-corrected chi connectivity index (χ2v) is 9.79. The summed E-state index contributed by atoms with van der Waals surface area (Å²) in [6, 6.07) is 14.7. The highest BCUT2D eigenvalue weighted by atomic mass is 32.1. The zero-order valence-electron chi connectivity index (χ0n) is 19.0. The lowest BCUT2D eigenvalue weighted by atomic mass is 9.90. The van der Waals surface area contributed by atoms with Gasteiger partial charge in [-0.25, -0.2) is 9.69 Å². The van der Waals surface area contributed by atoms with E-state index in [2.05, 4.69) is 43.3 Å². The summed E-state index contributed by atoms with van der Waals surface area (Å²) in [7, 11) is 0. The summed E-state index contributed by atoms with van der Waals surface area (Å²) in [6.45, 7) is 2.89. The summed E-state index contributed by atoms with van der Waals surface area (Å²) in [6.07, 6.45) is 10.1. The smallest absolute Gasteiger partial charge is 0.416 e. The topological polar surface area (TPSA) is 46.6 Å². The number of imide groups is 1. The lowest BCUT2D eigenvalue weighted by Crippen LogP contribution is -2.35. The van der Waals surface area contributed by atoms with Gasteiger partial charge >= 0.3 is 6.09 Å². The third-order valence-electron chi connectivity index (χ3n) is 6.48. The summed E-state index contributed by atoms with van der Waals surface area (Å²) < 4.78 is 7.46. The molecule has 1 aromatic heterocycles. The molecule has 5 heteroatoms. The first-order chi connectivity index (χ1) is 15.7. The van der Waals surface area contributed by atoms with Crippen molar-refractivity contribution in [3.8, 4) is 0 Å². The van der Waals surface area contributed by atoms with Crippen LogP contribution in [-0.2, 0) is 9.53 Å². The minimum atomic E-state index is -0.501. The second-order valence-electron chi connectivity index (χ2n) is 8.74. The summed E-state index contributed by atoms with van der Waals surface area (Å²) >= 11 is 1.75. The van der Waals surface area contributed by atoms with Gasteiger partial charge in [0.2, 0.25) is 5.91 Å². The van der Waals surface area contributed by atoms with Crippen molar-refractivity contribution in [3.05, 3.63) is 48.0 Å². The number of benzene rings is 2. The lowest BCUT2D eigenvalue weighted by Gasteiger charge is -2.21. The van der Waals surface area contributed by atoms with Crippen LogP contribution < -0.4 is 0 Å². The van der Waals surface area contributed by atoms with Gasteiger partial charge in [0, 0.05) is 20.2 Å². The fraction of sp³-hybridized carbons (Fsp3) is 0.481.